The van der Waals surface area contributed by atoms with E-state index in [4.69, 9.17) is 0 Å². The second-order valence-corrected chi connectivity index (χ2v) is 8.42. The lowest BCUT2D eigenvalue weighted by Crippen LogP contribution is -2.32. The van der Waals surface area contributed by atoms with Gasteiger partial charge in [0.1, 0.15) is 5.69 Å². The molecule has 0 bridgehead atoms. The van der Waals surface area contributed by atoms with Crippen molar-refractivity contribution >= 4 is 28.3 Å². The molecule has 1 amide bonds. The van der Waals surface area contributed by atoms with E-state index in [0.717, 1.165) is 41.1 Å². The van der Waals surface area contributed by atoms with E-state index < -0.39 is 0 Å². The number of fused-ring (bicyclic) bond motifs is 2. The monoisotopic (exact) mass is 418 g/mol. The summed E-state index contributed by atoms with van der Waals surface area (Å²) in [5, 5.41) is 2.59. The number of aromatic amines is 1. The molecule has 31 heavy (non-hydrogen) atoms. The molecule has 3 aromatic heterocycles. The van der Waals surface area contributed by atoms with Crippen LogP contribution in [-0.2, 0) is 6.42 Å². The zero-order valence-corrected chi connectivity index (χ0v) is 17.9. The number of pyridine rings is 3. The normalized spacial score (nSPS) is 21.8. The van der Waals surface area contributed by atoms with E-state index in [2.05, 4.69) is 37.1 Å². The summed E-state index contributed by atoms with van der Waals surface area (Å²) in [6, 6.07) is 8.11. The van der Waals surface area contributed by atoms with E-state index in [1.54, 1.807) is 19.3 Å². The molecule has 3 aromatic rings. The van der Waals surface area contributed by atoms with E-state index in [1.165, 1.54) is 0 Å². The van der Waals surface area contributed by atoms with Crippen LogP contribution in [0.15, 0.2) is 41.5 Å². The van der Waals surface area contributed by atoms with Gasteiger partial charge in [0.05, 0.1) is 34.8 Å². The largest absolute Gasteiger partial charge is 0.370 e. The Morgan fingerprint density at radius 3 is 2.65 bits per heavy atom. The van der Waals surface area contributed by atoms with Gasteiger partial charge in [0.25, 0.3) is 11.5 Å². The number of hydrogen-bond acceptors (Lipinski definition) is 6. The highest BCUT2D eigenvalue weighted by Gasteiger charge is 2.57. The van der Waals surface area contributed by atoms with Crippen LogP contribution >= 0.6 is 0 Å². The van der Waals surface area contributed by atoms with Crippen LogP contribution in [0.1, 0.15) is 23.0 Å². The number of rotatable bonds is 5. The number of piperidine rings is 1. The molecule has 1 saturated carbocycles. The number of aryl methyl sites for hydroxylation is 1. The van der Waals surface area contributed by atoms with Gasteiger partial charge in [-0.25, -0.2) is 4.98 Å². The maximum atomic E-state index is 12.2. The van der Waals surface area contributed by atoms with Crippen LogP contribution in [0.25, 0.3) is 11.0 Å². The van der Waals surface area contributed by atoms with Crippen molar-refractivity contribution in [2.24, 2.45) is 11.8 Å². The van der Waals surface area contributed by atoms with Crippen molar-refractivity contribution in [2.75, 3.05) is 37.0 Å². The summed E-state index contributed by atoms with van der Waals surface area (Å²) in [7, 11) is 3.71. The second kappa shape index (κ2) is 7.37. The first-order chi connectivity index (χ1) is 15.0. The third kappa shape index (κ3) is 3.32. The van der Waals surface area contributed by atoms with Gasteiger partial charge in [0.2, 0.25) is 0 Å². The minimum atomic E-state index is -0.172. The highest BCUT2D eigenvalue weighted by Crippen LogP contribution is 2.50. The zero-order chi connectivity index (χ0) is 21.7. The van der Waals surface area contributed by atoms with Crippen molar-refractivity contribution < 1.29 is 4.79 Å². The number of amides is 1. The Kier molecular flexibility index (Phi) is 4.64. The van der Waals surface area contributed by atoms with Gasteiger partial charge in [-0.05, 0) is 30.7 Å². The van der Waals surface area contributed by atoms with Crippen molar-refractivity contribution in [3.8, 4) is 0 Å². The Morgan fingerprint density at radius 2 is 2.00 bits per heavy atom. The fraction of sp³-hybridized carbons (Fsp3) is 0.391. The molecular weight excluding hydrogens is 392 g/mol. The van der Waals surface area contributed by atoms with Crippen LogP contribution in [0.3, 0.4) is 0 Å². The lowest BCUT2D eigenvalue weighted by Gasteiger charge is -2.27. The molecule has 2 atom stereocenters. The summed E-state index contributed by atoms with van der Waals surface area (Å²) in [5.74, 6) is 0.996. The zero-order valence-electron chi connectivity index (χ0n) is 17.9. The van der Waals surface area contributed by atoms with Crippen molar-refractivity contribution in [3.63, 3.8) is 0 Å². The molecule has 0 aromatic carbocycles. The number of nitrogens with zero attached hydrogens (tertiary/aromatic N) is 4. The number of carbonyl (C=O) groups is 1. The van der Waals surface area contributed by atoms with Crippen molar-refractivity contribution in [2.45, 2.75) is 19.4 Å². The van der Waals surface area contributed by atoms with E-state index in [-0.39, 0.29) is 11.5 Å². The predicted molar refractivity (Wildman–Crippen MR) is 121 cm³/mol. The van der Waals surface area contributed by atoms with Crippen LogP contribution in [0.5, 0.6) is 0 Å². The van der Waals surface area contributed by atoms with Crippen molar-refractivity contribution in [1.82, 2.24) is 20.3 Å². The molecule has 2 fully saturated rings. The molecule has 1 saturated heterocycles. The molecule has 2 aliphatic rings. The highest BCUT2D eigenvalue weighted by molar-refractivity contribution is 5.92. The number of aromatic nitrogens is 3. The lowest BCUT2D eigenvalue weighted by atomic mass is 10.2. The molecule has 0 spiro atoms. The van der Waals surface area contributed by atoms with Gasteiger partial charge in [-0.2, -0.15) is 0 Å². The molecule has 1 aliphatic heterocycles. The average molecular weight is 419 g/mol. The average Bonchev–Trinajstić information content (AvgIpc) is 3.29. The van der Waals surface area contributed by atoms with Crippen LogP contribution in [0, 0.1) is 11.8 Å². The van der Waals surface area contributed by atoms with Gasteiger partial charge in [0.15, 0.2) is 0 Å². The van der Waals surface area contributed by atoms with E-state index >= 15 is 0 Å². The van der Waals surface area contributed by atoms with Gasteiger partial charge in [-0.15, -0.1) is 0 Å². The first kappa shape index (κ1) is 19.5. The predicted octanol–water partition coefficient (Wildman–Crippen LogP) is 1.81. The highest BCUT2D eigenvalue weighted by atomic mass is 16.1. The Balaban J connectivity index is 1.28. The van der Waals surface area contributed by atoms with Gasteiger partial charge >= 0.3 is 0 Å². The number of nitrogens with one attached hydrogen (secondary N) is 2. The third-order valence-corrected chi connectivity index (χ3v) is 6.71. The summed E-state index contributed by atoms with van der Waals surface area (Å²) in [5.41, 5.74) is 4.83. The summed E-state index contributed by atoms with van der Waals surface area (Å²) < 4.78 is 0. The SMILES string of the molecule is CCc1cc2ncc(N(C)C3C4CN(c5ccc(C(=O)NC)nc5)CC43)cc2[nH]c1=O. The molecule has 0 radical (unpaired) electrons. The minimum Gasteiger partial charge on any atom is -0.370 e. The Bertz CT molecular complexity index is 1190. The number of anilines is 2. The van der Waals surface area contributed by atoms with Gasteiger partial charge in [0, 0.05) is 50.6 Å². The Labute approximate surface area is 180 Å². The smallest absolute Gasteiger partial charge is 0.269 e. The molecule has 160 valence electrons. The molecule has 4 heterocycles. The van der Waals surface area contributed by atoms with Gasteiger partial charge in [-0.3, -0.25) is 14.6 Å². The fourth-order valence-electron chi connectivity index (χ4n) is 4.86. The Morgan fingerprint density at radius 1 is 1.23 bits per heavy atom. The minimum absolute atomic E-state index is 0.0356. The van der Waals surface area contributed by atoms with Crippen LogP contribution in [0.2, 0.25) is 0 Å². The maximum Gasteiger partial charge on any atom is 0.269 e. The standard InChI is InChI=1S/C23H26N6O2/c1-4-13-7-19-20(27-22(13)30)8-15(10-26-19)28(3)21-16-11-29(12-17(16)21)14-5-6-18(25-9-14)23(31)24-2/h5-10,16-17,21H,4,11-12H2,1-3H3,(H,24,31)(H,27,30). The van der Waals surface area contributed by atoms with Crippen molar-refractivity contribution in [1.29, 1.82) is 0 Å². The third-order valence-electron chi connectivity index (χ3n) is 6.71. The van der Waals surface area contributed by atoms with E-state index in [1.807, 2.05) is 31.3 Å². The topological polar surface area (TPSA) is 94.2 Å². The lowest BCUT2D eigenvalue weighted by molar-refractivity contribution is 0.0958. The Hall–Kier alpha value is -3.42. The molecule has 5 rings (SSSR count). The molecule has 8 heteroatoms. The van der Waals surface area contributed by atoms with Crippen LogP contribution in [-0.4, -0.2) is 54.1 Å². The number of hydrogen-bond donors (Lipinski definition) is 2. The first-order valence-corrected chi connectivity index (χ1v) is 10.7. The van der Waals surface area contributed by atoms with Crippen LogP contribution in [0.4, 0.5) is 11.4 Å². The first-order valence-electron chi connectivity index (χ1n) is 10.7. The van der Waals surface area contributed by atoms with E-state index in [9.17, 15) is 9.59 Å². The van der Waals surface area contributed by atoms with Crippen LogP contribution < -0.4 is 20.7 Å². The number of H-pyrrole nitrogens is 1. The van der Waals surface area contributed by atoms with Gasteiger partial charge < -0.3 is 20.1 Å². The quantitative estimate of drug-likeness (QED) is 0.656. The summed E-state index contributed by atoms with van der Waals surface area (Å²) >= 11 is 0. The maximum absolute atomic E-state index is 12.2. The molecule has 2 N–H and O–H groups in total. The van der Waals surface area contributed by atoms with Gasteiger partial charge in [-0.1, -0.05) is 6.92 Å². The number of carbonyl (C=O) groups excluding carboxylic acids is 1. The molecule has 2 unspecified atom stereocenters. The molecule has 8 nitrogen and oxygen atoms in total. The summed E-state index contributed by atoms with van der Waals surface area (Å²) in [4.78, 5) is 40.3. The molecule has 1 aliphatic carbocycles. The second-order valence-electron chi connectivity index (χ2n) is 8.42. The summed E-state index contributed by atoms with van der Waals surface area (Å²) in [6.07, 6.45) is 4.37. The molecular formula is C23H26N6O2. The van der Waals surface area contributed by atoms with E-state index in [0.29, 0.717) is 30.0 Å². The fourth-order valence-corrected chi connectivity index (χ4v) is 4.86. The van der Waals surface area contributed by atoms with Crippen molar-refractivity contribution in [3.05, 3.63) is 58.3 Å². The summed E-state index contributed by atoms with van der Waals surface area (Å²) in [6.45, 7) is 3.91.